The molecule has 2 aliphatic rings. The number of anilines is 1. The monoisotopic (exact) mass is 407 g/mol. The van der Waals surface area contributed by atoms with Gasteiger partial charge >= 0.3 is 6.18 Å². The summed E-state index contributed by atoms with van der Waals surface area (Å²) in [5.41, 5.74) is 0.953. The third kappa shape index (κ3) is 3.83. The number of alkyl halides is 3. The second-order valence-electron chi connectivity index (χ2n) is 7.48. The summed E-state index contributed by atoms with van der Waals surface area (Å²) < 4.78 is 42.2. The van der Waals surface area contributed by atoms with E-state index in [4.69, 9.17) is 0 Å². The van der Waals surface area contributed by atoms with E-state index in [9.17, 15) is 18.0 Å². The summed E-state index contributed by atoms with van der Waals surface area (Å²) in [6.07, 6.45) is -3.36. The van der Waals surface area contributed by atoms with E-state index in [1.54, 1.807) is 29.2 Å². The lowest BCUT2D eigenvalue weighted by Gasteiger charge is -2.36. The summed E-state index contributed by atoms with van der Waals surface area (Å²) in [5, 5.41) is 7.10. The second kappa shape index (κ2) is 7.70. The number of fused-ring (bicyclic) bond motifs is 1. The first-order valence-electron chi connectivity index (χ1n) is 9.85. The fourth-order valence-corrected chi connectivity index (χ4v) is 4.06. The molecular formula is C20H24F3N5O. The van der Waals surface area contributed by atoms with Crippen molar-refractivity contribution in [2.75, 3.05) is 38.0 Å². The van der Waals surface area contributed by atoms with Crippen molar-refractivity contribution >= 4 is 11.7 Å². The summed E-state index contributed by atoms with van der Waals surface area (Å²) >= 11 is 0. The molecule has 29 heavy (non-hydrogen) atoms. The van der Waals surface area contributed by atoms with E-state index in [1.807, 2.05) is 6.07 Å². The van der Waals surface area contributed by atoms with Gasteiger partial charge in [-0.3, -0.25) is 4.79 Å². The zero-order valence-electron chi connectivity index (χ0n) is 16.2. The van der Waals surface area contributed by atoms with E-state index in [0.29, 0.717) is 13.1 Å². The quantitative estimate of drug-likeness (QED) is 0.848. The van der Waals surface area contributed by atoms with Crippen LogP contribution in [0.5, 0.6) is 0 Å². The second-order valence-corrected chi connectivity index (χ2v) is 7.48. The Morgan fingerprint density at radius 1 is 1.17 bits per heavy atom. The van der Waals surface area contributed by atoms with Crippen molar-refractivity contribution < 1.29 is 18.0 Å². The smallest absolute Gasteiger partial charge is 0.363 e. The van der Waals surface area contributed by atoms with Gasteiger partial charge in [-0.15, -0.1) is 0 Å². The van der Waals surface area contributed by atoms with Gasteiger partial charge in [-0.25, -0.2) is 4.68 Å². The molecule has 0 radical (unpaired) electrons. The molecule has 4 rings (SSSR count). The third-order valence-electron chi connectivity index (χ3n) is 5.78. The van der Waals surface area contributed by atoms with Gasteiger partial charge in [0, 0.05) is 32.6 Å². The van der Waals surface area contributed by atoms with Crippen LogP contribution in [0, 0.1) is 0 Å². The highest BCUT2D eigenvalue weighted by atomic mass is 19.4. The molecule has 0 saturated carbocycles. The van der Waals surface area contributed by atoms with Crippen LogP contribution in [0.3, 0.4) is 0 Å². The Kier molecular flexibility index (Phi) is 5.24. The van der Waals surface area contributed by atoms with E-state index in [0.717, 1.165) is 29.9 Å². The van der Waals surface area contributed by atoms with Crippen LogP contribution in [0.25, 0.3) is 0 Å². The molecule has 0 bridgehead atoms. The predicted octanol–water partition coefficient (Wildman–Crippen LogP) is 3.32. The third-order valence-corrected chi connectivity index (χ3v) is 5.78. The Hall–Kier alpha value is -2.55. The van der Waals surface area contributed by atoms with Crippen LogP contribution < -0.4 is 5.32 Å². The molecule has 0 spiro atoms. The zero-order chi connectivity index (χ0) is 20.6. The van der Waals surface area contributed by atoms with E-state index in [1.165, 1.54) is 6.20 Å². The Balaban J connectivity index is 1.64. The van der Waals surface area contributed by atoms with Crippen LogP contribution in [0.15, 0.2) is 36.5 Å². The van der Waals surface area contributed by atoms with Gasteiger partial charge in [0.05, 0.1) is 12.2 Å². The molecule has 9 heteroatoms. The first kappa shape index (κ1) is 19.8. The van der Waals surface area contributed by atoms with Crippen molar-refractivity contribution in [1.29, 1.82) is 0 Å². The Morgan fingerprint density at radius 2 is 1.86 bits per heavy atom. The number of carbonyl (C=O) groups is 1. The van der Waals surface area contributed by atoms with Gasteiger partial charge in [0.15, 0.2) is 6.04 Å². The van der Waals surface area contributed by atoms with E-state index < -0.39 is 18.3 Å². The van der Waals surface area contributed by atoms with Crippen molar-refractivity contribution in [2.45, 2.75) is 31.6 Å². The number of likely N-dealkylation sites (N-methyl/N-ethyl adjacent to an activating group) is 1. The number of hydrogen-bond acceptors (Lipinski definition) is 4. The van der Waals surface area contributed by atoms with Gasteiger partial charge in [-0.2, -0.15) is 18.3 Å². The molecule has 1 saturated heterocycles. The molecule has 2 aromatic rings. The van der Waals surface area contributed by atoms with E-state index in [-0.39, 0.29) is 23.7 Å². The number of carbonyl (C=O) groups excluding carboxylic acids is 1. The molecule has 0 aliphatic carbocycles. The summed E-state index contributed by atoms with van der Waals surface area (Å²) in [6, 6.07) is 6.68. The largest absolute Gasteiger partial charge is 0.410 e. The molecule has 1 fully saturated rings. The number of nitrogens with one attached hydrogen (secondary N) is 1. The molecule has 1 aromatic heterocycles. The van der Waals surface area contributed by atoms with E-state index in [2.05, 4.69) is 22.2 Å². The average Bonchev–Trinajstić information content (AvgIpc) is 3.16. The Morgan fingerprint density at radius 3 is 2.48 bits per heavy atom. The fraction of sp³-hybridized carbons (Fsp3) is 0.500. The molecule has 6 nitrogen and oxygen atoms in total. The Labute approximate surface area is 167 Å². The van der Waals surface area contributed by atoms with Crippen LogP contribution >= 0.6 is 0 Å². The number of hydrogen-bond donors (Lipinski definition) is 1. The molecule has 1 amide bonds. The minimum atomic E-state index is -4.46. The van der Waals surface area contributed by atoms with Crippen molar-refractivity contribution in [3.63, 3.8) is 0 Å². The van der Waals surface area contributed by atoms with Gasteiger partial charge in [0.1, 0.15) is 11.4 Å². The lowest BCUT2D eigenvalue weighted by Crippen LogP contribution is -2.48. The average molecular weight is 407 g/mol. The summed E-state index contributed by atoms with van der Waals surface area (Å²) in [7, 11) is 0. The maximum absolute atomic E-state index is 13.8. The van der Waals surface area contributed by atoms with Gasteiger partial charge in [0.2, 0.25) is 0 Å². The first-order valence-corrected chi connectivity index (χ1v) is 9.85. The lowest BCUT2D eigenvalue weighted by atomic mass is 9.96. The van der Waals surface area contributed by atoms with Crippen LogP contribution in [-0.2, 0) is 0 Å². The highest BCUT2D eigenvalue weighted by molar-refractivity contribution is 5.99. The highest BCUT2D eigenvalue weighted by Crippen LogP contribution is 2.44. The predicted molar refractivity (Wildman–Crippen MR) is 103 cm³/mol. The van der Waals surface area contributed by atoms with Gasteiger partial charge < -0.3 is 15.1 Å². The molecule has 0 unspecified atom stereocenters. The zero-order valence-corrected chi connectivity index (χ0v) is 16.2. The summed E-state index contributed by atoms with van der Waals surface area (Å²) in [4.78, 5) is 17.0. The number of aromatic nitrogens is 2. The molecule has 2 atom stereocenters. The van der Waals surface area contributed by atoms with Crippen molar-refractivity contribution in [3.8, 4) is 0 Å². The van der Waals surface area contributed by atoms with Gasteiger partial charge in [-0.05, 0) is 12.1 Å². The van der Waals surface area contributed by atoms with E-state index >= 15 is 0 Å². The number of amides is 1. The lowest BCUT2D eigenvalue weighted by molar-refractivity contribution is -0.173. The minimum absolute atomic E-state index is 0.148. The summed E-state index contributed by atoms with van der Waals surface area (Å²) in [5.74, 6) is -0.125. The standard InChI is InChI=1S/C20H24F3N5O/c1-2-26-8-10-27(11-9-26)19(29)15-13-24-28-17(20(21,22)23)12-16(25-18(15)28)14-6-4-3-5-7-14/h3-7,13,16-17,25H,2,8-12H2,1H3/t16-,17+/m0/s1. The number of halogens is 3. The number of nitrogens with zero attached hydrogens (tertiary/aromatic N) is 4. The van der Waals surface area contributed by atoms with Crippen LogP contribution in [0.1, 0.15) is 41.3 Å². The molecule has 1 aromatic carbocycles. The number of rotatable bonds is 3. The SMILES string of the molecule is CCN1CCN(C(=O)c2cnn3c2N[C@H](c2ccccc2)C[C@@H]3C(F)(F)F)CC1. The fourth-order valence-electron chi connectivity index (χ4n) is 4.06. The summed E-state index contributed by atoms with van der Waals surface area (Å²) in [6.45, 7) is 5.62. The highest BCUT2D eigenvalue weighted by Gasteiger charge is 2.47. The molecular weight excluding hydrogens is 383 g/mol. The van der Waals surface area contributed by atoms with Crippen LogP contribution in [-0.4, -0.2) is 64.4 Å². The number of piperazine rings is 1. The maximum Gasteiger partial charge on any atom is 0.410 e. The van der Waals surface area contributed by atoms with Crippen LogP contribution in [0.4, 0.5) is 19.0 Å². The van der Waals surface area contributed by atoms with Crippen molar-refractivity contribution in [3.05, 3.63) is 47.7 Å². The van der Waals surface area contributed by atoms with Crippen molar-refractivity contribution in [2.24, 2.45) is 0 Å². The maximum atomic E-state index is 13.8. The van der Waals surface area contributed by atoms with Crippen LogP contribution in [0.2, 0.25) is 0 Å². The normalized spacial score (nSPS) is 22.8. The van der Waals surface area contributed by atoms with Gasteiger partial charge in [-0.1, -0.05) is 37.3 Å². The molecule has 2 aliphatic heterocycles. The topological polar surface area (TPSA) is 53.4 Å². The van der Waals surface area contributed by atoms with Crippen molar-refractivity contribution in [1.82, 2.24) is 19.6 Å². The minimum Gasteiger partial charge on any atom is -0.363 e. The number of benzene rings is 1. The van der Waals surface area contributed by atoms with Gasteiger partial charge in [0.25, 0.3) is 5.91 Å². The molecule has 3 heterocycles. The Bertz CT molecular complexity index is 859. The first-order chi connectivity index (χ1) is 13.9. The molecule has 1 N–H and O–H groups in total. The molecule has 156 valence electrons.